The van der Waals surface area contributed by atoms with Gasteiger partial charge in [-0.05, 0) is 37.3 Å². The normalized spacial score (nSPS) is 11.4. The van der Waals surface area contributed by atoms with E-state index in [1.807, 2.05) is 0 Å². The smallest absolute Gasteiger partial charge is 0.341 e. The predicted octanol–water partition coefficient (Wildman–Crippen LogP) is 2.50. The van der Waals surface area contributed by atoms with Crippen LogP contribution < -0.4 is 11.1 Å². The highest BCUT2D eigenvalue weighted by atomic mass is 19.1. The van der Waals surface area contributed by atoms with Crippen LogP contribution in [0.4, 0.5) is 21.5 Å². The van der Waals surface area contributed by atoms with Crippen molar-refractivity contribution in [3.63, 3.8) is 0 Å². The third-order valence-electron chi connectivity index (χ3n) is 3.23. The highest BCUT2D eigenvalue weighted by Gasteiger charge is 2.21. The fraction of sp³-hybridized carbons (Fsp3) is 0.125. The fourth-order valence-corrected chi connectivity index (χ4v) is 1.90. The second kappa shape index (κ2) is 7.39. The average Bonchev–Trinajstić information content (AvgIpc) is 2.56. The van der Waals surface area contributed by atoms with Crippen LogP contribution in [0.1, 0.15) is 17.3 Å². The second-order valence-electron chi connectivity index (χ2n) is 5.07. The Labute approximate surface area is 141 Å². The van der Waals surface area contributed by atoms with Gasteiger partial charge in [-0.25, -0.2) is 9.18 Å². The molecular weight excluding hydrogens is 333 g/mol. The number of nitrogens with one attached hydrogen (secondary N) is 1. The zero-order valence-electron chi connectivity index (χ0n) is 13.1. The molecule has 2 aromatic rings. The fourth-order valence-electron chi connectivity index (χ4n) is 1.90. The second-order valence-corrected chi connectivity index (χ2v) is 5.07. The van der Waals surface area contributed by atoms with Crippen molar-refractivity contribution in [2.75, 3.05) is 11.1 Å². The molecule has 25 heavy (non-hydrogen) atoms. The average molecular weight is 347 g/mol. The molecule has 3 N–H and O–H groups in total. The summed E-state index contributed by atoms with van der Waals surface area (Å²) in [4.78, 5) is 34.1. The van der Waals surface area contributed by atoms with Gasteiger partial charge in [0, 0.05) is 17.8 Å². The van der Waals surface area contributed by atoms with Crippen LogP contribution in [-0.2, 0) is 9.53 Å². The quantitative estimate of drug-likeness (QED) is 0.370. The van der Waals surface area contributed by atoms with E-state index in [1.165, 1.54) is 31.2 Å². The Morgan fingerprint density at radius 3 is 2.44 bits per heavy atom. The molecule has 9 heteroatoms. The molecule has 0 fully saturated rings. The Balaban J connectivity index is 2.02. The first-order valence-electron chi connectivity index (χ1n) is 7.09. The number of nitrogens with two attached hydrogens (primary N) is 1. The van der Waals surface area contributed by atoms with Crippen LogP contribution in [-0.4, -0.2) is 22.9 Å². The van der Waals surface area contributed by atoms with E-state index in [0.29, 0.717) is 5.69 Å². The van der Waals surface area contributed by atoms with E-state index in [9.17, 15) is 24.1 Å². The number of non-ortho nitro benzene ring substituents is 1. The SMILES string of the molecule is C[C@@H](OC(=O)c1ccc([N+](=O)[O-])cc1N)C(=O)Nc1ccc(F)cc1. The predicted molar refractivity (Wildman–Crippen MR) is 87.4 cm³/mol. The molecule has 0 heterocycles. The number of nitro groups is 1. The number of amides is 1. The van der Waals surface area contributed by atoms with Gasteiger partial charge >= 0.3 is 5.97 Å². The molecule has 0 spiro atoms. The molecule has 0 saturated heterocycles. The van der Waals surface area contributed by atoms with Crippen molar-refractivity contribution in [1.82, 2.24) is 0 Å². The number of esters is 1. The van der Waals surface area contributed by atoms with Crippen molar-refractivity contribution in [2.45, 2.75) is 13.0 Å². The summed E-state index contributed by atoms with van der Waals surface area (Å²) < 4.78 is 17.8. The van der Waals surface area contributed by atoms with Crippen molar-refractivity contribution in [3.05, 3.63) is 64.0 Å². The lowest BCUT2D eigenvalue weighted by Gasteiger charge is -2.14. The molecule has 0 aliphatic carbocycles. The number of ether oxygens (including phenoxy) is 1. The van der Waals surface area contributed by atoms with E-state index in [1.54, 1.807) is 0 Å². The van der Waals surface area contributed by atoms with Crippen molar-refractivity contribution >= 4 is 28.9 Å². The lowest BCUT2D eigenvalue weighted by Crippen LogP contribution is -2.30. The molecule has 8 nitrogen and oxygen atoms in total. The van der Waals surface area contributed by atoms with E-state index in [0.717, 1.165) is 18.2 Å². The Morgan fingerprint density at radius 2 is 1.88 bits per heavy atom. The number of carbonyl (C=O) groups is 2. The summed E-state index contributed by atoms with van der Waals surface area (Å²) in [6.07, 6.45) is -1.16. The lowest BCUT2D eigenvalue weighted by molar-refractivity contribution is -0.384. The van der Waals surface area contributed by atoms with E-state index in [4.69, 9.17) is 10.5 Å². The van der Waals surface area contributed by atoms with Gasteiger partial charge in [-0.3, -0.25) is 14.9 Å². The molecule has 0 aliphatic rings. The van der Waals surface area contributed by atoms with E-state index in [2.05, 4.69) is 5.32 Å². The summed E-state index contributed by atoms with van der Waals surface area (Å²) in [6, 6.07) is 8.34. The molecule has 2 rings (SSSR count). The highest BCUT2D eigenvalue weighted by molar-refractivity contribution is 5.99. The number of halogens is 1. The van der Waals surface area contributed by atoms with Crippen LogP contribution in [0.5, 0.6) is 0 Å². The Morgan fingerprint density at radius 1 is 1.24 bits per heavy atom. The van der Waals surface area contributed by atoms with Gasteiger partial charge in [-0.2, -0.15) is 0 Å². The lowest BCUT2D eigenvalue weighted by atomic mass is 10.1. The van der Waals surface area contributed by atoms with Gasteiger partial charge in [0.05, 0.1) is 16.2 Å². The topological polar surface area (TPSA) is 125 Å². The minimum absolute atomic E-state index is 0.0907. The molecule has 1 amide bonds. The van der Waals surface area contributed by atoms with E-state index in [-0.39, 0.29) is 16.9 Å². The molecule has 1 atom stereocenters. The summed E-state index contributed by atoms with van der Waals surface area (Å²) >= 11 is 0. The Kier molecular flexibility index (Phi) is 5.28. The number of nitrogen functional groups attached to an aromatic ring is 1. The molecule has 0 saturated carbocycles. The maximum absolute atomic E-state index is 12.8. The molecule has 0 unspecified atom stereocenters. The zero-order chi connectivity index (χ0) is 18.6. The monoisotopic (exact) mass is 347 g/mol. The molecule has 2 aromatic carbocycles. The first kappa shape index (κ1) is 17.9. The molecule has 0 aromatic heterocycles. The Bertz CT molecular complexity index is 823. The largest absolute Gasteiger partial charge is 0.449 e. The number of rotatable bonds is 5. The minimum atomic E-state index is -1.16. The van der Waals surface area contributed by atoms with Gasteiger partial charge < -0.3 is 15.8 Å². The minimum Gasteiger partial charge on any atom is -0.449 e. The standard InChI is InChI=1S/C16H14FN3O5/c1-9(15(21)19-11-4-2-10(17)3-5-11)25-16(22)13-7-6-12(20(23)24)8-14(13)18/h2-9H,18H2,1H3,(H,19,21)/t9-/m1/s1. The molecule has 0 radical (unpaired) electrons. The van der Waals surface area contributed by atoms with Gasteiger partial charge in [-0.1, -0.05) is 0 Å². The van der Waals surface area contributed by atoms with Crippen LogP contribution in [0.2, 0.25) is 0 Å². The van der Waals surface area contributed by atoms with Crippen molar-refractivity contribution in [1.29, 1.82) is 0 Å². The summed E-state index contributed by atoms with van der Waals surface area (Å²) in [5, 5.41) is 13.1. The number of hydrogen-bond donors (Lipinski definition) is 2. The summed E-state index contributed by atoms with van der Waals surface area (Å²) in [6.45, 7) is 1.35. The van der Waals surface area contributed by atoms with Gasteiger partial charge in [0.15, 0.2) is 6.10 Å². The summed E-state index contributed by atoms with van der Waals surface area (Å²) in [7, 11) is 0. The van der Waals surface area contributed by atoms with Crippen LogP contribution in [0.3, 0.4) is 0 Å². The van der Waals surface area contributed by atoms with Crippen molar-refractivity contribution in [2.24, 2.45) is 0 Å². The van der Waals surface area contributed by atoms with Crippen LogP contribution >= 0.6 is 0 Å². The molecule has 0 bridgehead atoms. The maximum Gasteiger partial charge on any atom is 0.341 e. The number of hydrogen-bond acceptors (Lipinski definition) is 6. The van der Waals surface area contributed by atoms with E-state index >= 15 is 0 Å². The van der Waals surface area contributed by atoms with Crippen molar-refractivity contribution in [3.8, 4) is 0 Å². The molecule has 0 aliphatic heterocycles. The number of carbonyl (C=O) groups excluding carboxylic acids is 2. The van der Waals surface area contributed by atoms with Gasteiger partial charge in [0.25, 0.3) is 11.6 Å². The summed E-state index contributed by atoms with van der Waals surface area (Å²) in [5.41, 5.74) is 5.45. The highest BCUT2D eigenvalue weighted by Crippen LogP contribution is 2.21. The first-order chi connectivity index (χ1) is 11.8. The number of nitrogens with zero attached hydrogens (tertiary/aromatic N) is 1. The maximum atomic E-state index is 12.8. The number of anilines is 2. The third-order valence-corrected chi connectivity index (χ3v) is 3.23. The summed E-state index contributed by atoms with van der Waals surface area (Å²) in [5.74, 6) is -1.97. The molecular formula is C16H14FN3O5. The van der Waals surface area contributed by atoms with Gasteiger partial charge in [-0.15, -0.1) is 0 Å². The number of benzene rings is 2. The number of nitro benzene ring substituents is 1. The van der Waals surface area contributed by atoms with Gasteiger partial charge in [0.2, 0.25) is 0 Å². The third kappa shape index (κ3) is 4.50. The van der Waals surface area contributed by atoms with Crippen LogP contribution in [0, 0.1) is 15.9 Å². The van der Waals surface area contributed by atoms with Crippen LogP contribution in [0.25, 0.3) is 0 Å². The van der Waals surface area contributed by atoms with Gasteiger partial charge in [0.1, 0.15) is 5.82 Å². The molecule has 130 valence electrons. The van der Waals surface area contributed by atoms with Crippen molar-refractivity contribution < 1.29 is 23.6 Å². The van der Waals surface area contributed by atoms with Crippen LogP contribution in [0.15, 0.2) is 42.5 Å². The van der Waals surface area contributed by atoms with E-state index < -0.39 is 28.7 Å². The zero-order valence-corrected chi connectivity index (χ0v) is 13.1. The first-order valence-corrected chi connectivity index (χ1v) is 7.09. The Hall–Kier alpha value is -3.49.